The Morgan fingerprint density at radius 3 is 3.00 bits per heavy atom. The van der Waals surface area contributed by atoms with Gasteiger partial charge in [-0.15, -0.1) is 0 Å². The highest BCUT2D eigenvalue weighted by molar-refractivity contribution is 5.39. The molecule has 1 aliphatic rings. The summed E-state index contributed by atoms with van der Waals surface area (Å²) in [7, 11) is 0. The van der Waals surface area contributed by atoms with Crippen LogP contribution in [0.25, 0.3) is 0 Å². The summed E-state index contributed by atoms with van der Waals surface area (Å²) < 4.78 is 5.80. The first-order chi connectivity index (χ1) is 9.08. The molecule has 2 rings (SSSR count). The fourth-order valence-corrected chi connectivity index (χ4v) is 2.43. The van der Waals surface area contributed by atoms with Gasteiger partial charge in [0.15, 0.2) is 0 Å². The summed E-state index contributed by atoms with van der Waals surface area (Å²) in [5.41, 5.74) is 13.1. The monoisotopic (exact) mass is 264 g/mol. The van der Waals surface area contributed by atoms with Gasteiger partial charge in [-0.25, -0.2) is 4.98 Å². The van der Waals surface area contributed by atoms with Crippen molar-refractivity contribution in [2.45, 2.75) is 38.5 Å². The Morgan fingerprint density at radius 2 is 2.32 bits per heavy atom. The van der Waals surface area contributed by atoms with Crippen LogP contribution >= 0.6 is 0 Å². The van der Waals surface area contributed by atoms with Gasteiger partial charge in [0.1, 0.15) is 5.82 Å². The largest absolute Gasteiger partial charge is 0.383 e. The maximum Gasteiger partial charge on any atom is 0.126 e. The number of nitrogens with two attached hydrogens (primary N) is 2. The Morgan fingerprint density at radius 1 is 1.53 bits per heavy atom. The lowest BCUT2D eigenvalue weighted by molar-refractivity contribution is -0.0495. The van der Waals surface area contributed by atoms with Crippen molar-refractivity contribution in [3.8, 4) is 0 Å². The minimum atomic E-state index is -0.0481. The third kappa shape index (κ3) is 3.65. The second kappa shape index (κ2) is 6.32. The minimum Gasteiger partial charge on any atom is -0.383 e. The smallest absolute Gasteiger partial charge is 0.126 e. The van der Waals surface area contributed by atoms with Gasteiger partial charge in [0.2, 0.25) is 0 Å². The lowest BCUT2D eigenvalue weighted by Gasteiger charge is -2.38. The van der Waals surface area contributed by atoms with Crippen molar-refractivity contribution in [3.63, 3.8) is 0 Å². The van der Waals surface area contributed by atoms with E-state index in [-0.39, 0.29) is 12.1 Å². The van der Waals surface area contributed by atoms with E-state index in [2.05, 4.69) is 23.7 Å². The first-order valence-corrected chi connectivity index (χ1v) is 6.88. The van der Waals surface area contributed by atoms with Crippen LogP contribution in [0.2, 0.25) is 0 Å². The third-order valence-electron chi connectivity index (χ3n) is 3.71. The van der Waals surface area contributed by atoms with Gasteiger partial charge in [-0.1, -0.05) is 6.07 Å². The normalized spacial score (nSPS) is 22.6. The number of pyridine rings is 1. The minimum absolute atomic E-state index is 0.0481. The predicted octanol–water partition coefficient (Wildman–Crippen LogP) is 0.643. The van der Waals surface area contributed by atoms with Crippen molar-refractivity contribution < 1.29 is 4.74 Å². The molecule has 1 aromatic heterocycles. The number of aromatic nitrogens is 1. The van der Waals surface area contributed by atoms with Crippen LogP contribution in [0.4, 0.5) is 5.82 Å². The maximum absolute atomic E-state index is 6.28. The predicted molar refractivity (Wildman–Crippen MR) is 76.8 cm³/mol. The average molecular weight is 264 g/mol. The number of rotatable bonds is 4. The van der Waals surface area contributed by atoms with E-state index < -0.39 is 0 Å². The third-order valence-corrected chi connectivity index (χ3v) is 3.71. The highest BCUT2D eigenvalue weighted by atomic mass is 16.5. The molecular weight excluding hydrogens is 240 g/mol. The quantitative estimate of drug-likeness (QED) is 0.834. The lowest BCUT2D eigenvalue weighted by Crippen LogP contribution is -2.53. The number of morpholine rings is 1. The van der Waals surface area contributed by atoms with Gasteiger partial charge >= 0.3 is 0 Å². The summed E-state index contributed by atoms with van der Waals surface area (Å²) in [5, 5.41) is 0. The van der Waals surface area contributed by atoms with Gasteiger partial charge in [-0.05, 0) is 31.9 Å². The van der Waals surface area contributed by atoms with Gasteiger partial charge in [0.25, 0.3) is 0 Å². The number of ether oxygens (including phenoxy) is 1. The van der Waals surface area contributed by atoms with Crippen molar-refractivity contribution in [1.29, 1.82) is 0 Å². The molecule has 0 aliphatic carbocycles. The first kappa shape index (κ1) is 14.2. The van der Waals surface area contributed by atoms with Gasteiger partial charge in [-0.2, -0.15) is 0 Å². The summed E-state index contributed by atoms with van der Waals surface area (Å²) in [6.07, 6.45) is 2.47. The van der Waals surface area contributed by atoms with Gasteiger partial charge < -0.3 is 16.2 Å². The van der Waals surface area contributed by atoms with Crippen LogP contribution in [-0.2, 0) is 11.2 Å². The van der Waals surface area contributed by atoms with Gasteiger partial charge in [0.05, 0.1) is 12.7 Å². The molecule has 1 aromatic rings. The molecule has 0 radical (unpaired) electrons. The number of anilines is 1. The molecule has 5 nitrogen and oxygen atoms in total. The zero-order valence-electron chi connectivity index (χ0n) is 11.7. The van der Waals surface area contributed by atoms with Crippen LogP contribution in [-0.4, -0.2) is 47.8 Å². The number of hydrogen-bond donors (Lipinski definition) is 2. The molecule has 1 aliphatic heterocycles. The van der Waals surface area contributed by atoms with Gasteiger partial charge in [0, 0.05) is 31.4 Å². The number of hydrogen-bond acceptors (Lipinski definition) is 5. The molecule has 0 bridgehead atoms. The van der Waals surface area contributed by atoms with Crippen LogP contribution in [0, 0.1) is 0 Å². The van der Waals surface area contributed by atoms with E-state index in [0.717, 1.165) is 25.3 Å². The van der Waals surface area contributed by atoms with Crippen molar-refractivity contribution in [2.75, 3.05) is 25.4 Å². The van der Waals surface area contributed by atoms with Crippen molar-refractivity contribution in [2.24, 2.45) is 5.73 Å². The van der Waals surface area contributed by atoms with E-state index in [1.807, 2.05) is 12.1 Å². The first-order valence-electron chi connectivity index (χ1n) is 6.88. The zero-order valence-corrected chi connectivity index (χ0v) is 11.7. The molecular formula is C14H24N4O. The summed E-state index contributed by atoms with van der Waals surface area (Å²) in [6, 6.07) is 4.35. The van der Waals surface area contributed by atoms with Gasteiger partial charge in [-0.3, -0.25) is 4.90 Å². The zero-order chi connectivity index (χ0) is 13.8. The molecule has 1 saturated heterocycles. The molecule has 0 spiro atoms. The Balaban J connectivity index is 1.96. The highest BCUT2D eigenvalue weighted by Crippen LogP contribution is 2.16. The Labute approximate surface area is 114 Å². The van der Waals surface area contributed by atoms with E-state index in [4.69, 9.17) is 16.2 Å². The van der Waals surface area contributed by atoms with E-state index in [0.29, 0.717) is 18.3 Å². The molecule has 0 amide bonds. The van der Waals surface area contributed by atoms with Crippen LogP contribution in [0.15, 0.2) is 18.3 Å². The molecule has 106 valence electrons. The highest BCUT2D eigenvalue weighted by Gasteiger charge is 2.27. The van der Waals surface area contributed by atoms with Crippen LogP contribution < -0.4 is 11.5 Å². The fraction of sp³-hybridized carbons (Fsp3) is 0.643. The molecule has 1 fully saturated rings. The summed E-state index contributed by atoms with van der Waals surface area (Å²) >= 11 is 0. The number of nitrogens with zero attached hydrogens (tertiary/aromatic N) is 2. The average Bonchev–Trinajstić information content (AvgIpc) is 2.41. The van der Waals surface area contributed by atoms with E-state index >= 15 is 0 Å². The summed E-state index contributed by atoms with van der Waals surface area (Å²) in [5.74, 6) is 0.564. The van der Waals surface area contributed by atoms with Crippen LogP contribution in [0.5, 0.6) is 0 Å². The Kier molecular flexibility index (Phi) is 4.74. The van der Waals surface area contributed by atoms with E-state index in [9.17, 15) is 0 Å². The van der Waals surface area contributed by atoms with Crippen LogP contribution in [0.3, 0.4) is 0 Å². The molecule has 5 heteroatoms. The summed E-state index contributed by atoms with van der Waals surface area (Å²) in [4.78, 5) is 6.49. The molecule has 19 heavy (non-hydrogen) atoms. The van der Waals surface area contributed by atoms with Crippen LogP contribution in [0.1, 0.15) is 19.4 Å². The summed E-state index contributed by atoms with van der Waals surface area (Å²) in [6.45, 7) is 7.02. The maximum atomic E-state index is 6.28. The Hall–Kier alpha value is -1.17. The second-order valence-electron chi connectivity index (χ2n) is 5.41. The van der Waals surface area contributed by atoms with E-state index in [1.165, 1.54) is 0 Å². The molecule has 2 unspecified atom stereocenters. The van der Waals surface area contributed by atoms with E-state index in [1.54, 1.807) is 6.20 Å². The molecule has 0 saturated carbocycles. The molecule has 0 aromatic carbocycles. The molecule has 4 N–H and O–H groups in total. The molecule has 2 heterocycles. The standard InChI is InChI=1S/C14H24N4O/c1-10(2)18-6-7-19-13(9-18)12(15)8-11-4-3-5-17-14(11)16/h3-5,10,12-13H,6-9,15H2,1-2H3,(H2,16,17). The van der Waals surface area contributed by atoms with Crippen molar-refractivity contribution in [3.05, 3.63) is 23.9 Å². The second-order valence-corrected chi connectivity index (χ2v) is 5.41. The lowest BCUT2D eigenvalue weighted by atomic mass is 10.0. The van der Waals surface area contributed by atoms with Crippen molar-refractivity contribution >= 4 is 5.82 Å². The SMILES string of the molecule is CC(C)N1CCOC(C(N)Cc2cccnc2N)C1. The molecule has 2 atom stereocenters. The Bertz CT molecular complexity index is 410. The topological polar surface area (TPSA) is 77.4 Å². The van der Waals surface area contributed by atoms with Crippen molar-refractivity contribution in [1.82, 2.24) is 9.88 Å². The fourth-order valence-electron chi connectivity index (χ4n) is 2.43. The number of nitrogen functional groups attached to an aromatic ring is 1.